The van der Waals surface area contributed by atoms with Crippen molar-refractivity contribution >= 4 is 0 Å². The standard InChI is InChI=1S/C6H10N2O3/c1-3-4(5(7)9)6(10-2)8-11-3/h5,9H,7H2,1-2H3. The van der Waals surface area contributed by atoms with Crippen molar-refractivity contribution in [2.45, 2.75) is 13.2 Å². The van der Waals surface area contributed by atoms with Crippen molar-refractivity contribution in [1.82, 2.24) is 5.16 Å². The Hall–Kier alpha value is -1.07. The summed E-state index contributed by atoms with van der Waals surface area (Å²) in [5.41, 5.74) is 5.61. The van der Waals surface area contributed by atoms with Crippen LogP contribution in [0.15, 0.2) is 4.52 Å². The van der Waals surface area contributed by atoms with Gasteiger partial charge in [0.15, 0.2) is 0 Å². The summed E-state index contributed by atoms with van der Waals surface area (Å²) in [5, 5.41) is 12.5. The first-order chi connectivity index (χ1) is 5.16. The van der Waals surface area contributed by atoms with E-state index in [1.54, 1.807) is 6.92 Å². The number of nitrogens with two attached hydrogens (primary N) is 1. The van der Waals surface area contributed by atoms with Crippen molar-refractivity contribution in [2.75, 3.05) is 7.11 Å². The molecule has 0 saturated heterocycles. The van der Waals surface area contributed by atoms with Crippen LogP contribution in [0, 0.1) is 6.92 Å². The minimum Gasteiger partial charge on any atom is -0.479 e. The van der Waals surface area contributed by atoms with Gasteiger partial charge in [-0.2, -0.15) is 0 Å². The van der Waals surface area contributed by atoms with Crippen molar-refractivity contribution in [2.24, 2.45) is 5.73 Å². The van der Waals surface area contributed by atoms with E-state index in [4.69, 9.17) is 20.1 Å². The van der Waals surface area contributed by atoms with E-state index in [1.807, 2.05) is 0 Å². The Kier molecular flexibility index (Phi) is 2.11. The molecule has 3 N–H and O–H groups in total. The summed E-state index contributed by atoms with van der Waals surface area (Å²) < 4.78 is 9.52. The maximum atomic E-state index is 9.00. The van der Waals surface area contributed by atoms with Crippen LogP contribution in [0.3, 0.4) is 0 Å². The van der Waals surface area contributed by atoms with E-state index in [0.29, 0.717) is 11.3 Å². The van der Waals surface area contributed by atoms with Gasteiger partial charge in [0.25, 0.3) is 5.88 Å². The first-order valence-corrected chi connectivity index (χ1v) is 3.10. The lowest BCUT2D eigenvalue weighted by atomic mass is 10.2. The third-order valence-electron chi connectivity index (χ3n) is 1.36. The minimum absolute atomic E-state index is 0.234. The molecule has 5 nitrogen and oxygen atoms in total. The highest BCUT2D eigenvalue weighted by atomic mass is 16.5. The van der Waals surface area contributed by atoms with Gasteiger partial charge in [0, 0.05) is 0 Å². The Morgan fingerprint density at radius 2 is 2.36 bits per heavy atom. The lowest BCUT2D eigenvalue weighted by molar-refractivity contribution is 0.180. The Morgan fingerprint density at radius 3 is 2.73 bits per heavy atom. The van der Waals surface area contributed by atoms with Crippen LogP contribution in [0.5, 0.6) is 5.88 Å². The normalized spacial score (nSPS) is 13.1. The zero-order valence-electron chi connectivity index (χ0n) is 6.37. The molecule has 1 aromatic rings. The van der Waals surface area contributed by atoms with Crippen LogP contribution >= 0.6 is 0 Å². The molecule has 0 aliphatic rings. The van der Waals surface area contributed by atoms with Crippen molar-refractivity contribution in [1.29, 1.82) is 0 Å². The number of hydrogen-bond donors (Lipinski definition) is 2. The second-order valence-corrected chi connectivity index (χ2v) is 2.11. The van der Waals surface area contributed by atoms with Gasteiger partial charge in [-0.05, 0) is 12.1 Å². The van der Waals surface area contributed by atoms with Gasteiger partial charge in [0.1, 0.15) is 17.6 Å². The van der Waals surface area contributed by atoms with Crippen molar-refractivity contribution in [3.63, 3.8) is 0 Å². The summed E-state index contributed by atoms with van der Waals surface area (Å²) in [6, 6.07) is 0. The Balaban J connectivity index is 3.07. The highest BCUT2D eigenvalue weighted by Gasteiger charge is 2.17. The van der Waals surface area contributed by atoms with E-state index in [1.165, 1.54) is 7.11 Å². The zero-order chi connectivity index (χ0) is 8.43. The van der Waals surface area contributed by atoms with Crippen LogP contribution in [-0.2, 0) is 0 Å². The molecule has 0 bridgehead atoms. The average molecular weight is 158 g/mol. The maximum Gasteiger partial charge on any atom is 0.261 e. The van der Waals surface area contributed by atoms with Crippen molar-refractivity contribution in [3.8, 4) is 5.88 Å². The molecule has 0 radical (unpaired) electrons. The molecule has 62 valence electrons. The van der Waals surface area contributed by atoms with Gasteiger partial charge in [-0.3, -0.25) is 0 Å². The summed E-state index contributed by atoms with van der Waals surface area (Å²) in [5.74, 6) is 0.703. The predicted molar refractivity (Wildman–Crippen MR) is 36.9 cm³/mol. The SMILES string of the molecule is COc1noc(C)c1C(N)O. The lowest BCUT2D eigenvalue weighted by Gasteiger charge is -2.02. The van der Waals surface area contributed by atoms with E-state index >= 15 is 0 Å². The van der Waals surface area contributed by atoms with Gasteiger partial charge in [0.2, 0.25) is 0 Å². The fourth-order valence-corrected chi connectivity index (χ4v) is 0.841. The Morgan fingerprint density at radius 1 is 1.73 bits per heavy atom. The van der Waals surface area contributed by atoms with Gasteiger partial charge >= 0.3 is 0 Å². The number of rotatable bonds is 2. The quantitative estimate of drug-likeness (QED) is 0.589. The summed E-state index contributed by atoms with van der Waals surface area (Å²) in [6.45, 7) is 1.65. The molecule has 0 saturated carbocycles. The molecule has 0 aromatic carbocycles. The second kappa shape index (κ2) is 2.89. The highest BCUT2D eigenvalue weighted by Crippen LogP contribution is 2.24. The van der Waals surface area contributed by atoms with Crippen LogP contribution in [-0.4, -0.2) is 17.4 Å². The van der Waals surface area contributed by atoms with Crippen molar-refractivity contribution < 1.29 is 14.4 Å². The van der Waals surface area contributed by atoms with Gasteiger partial charge in [-0.25, -0.2) is 0 Å². The summed E-state index contributed by atoms with van der Waals surface area (Å²) in [6.07, 6.45) is -1.10. The monoisotopic (exact) mass is 158 g/mol. The van der Waals surface area contributed by atoms with Crippen LogP contribution in [0.4, 0.5) is 0 Å². The van der Waals surface area contributed by atoms with Crippen LogP contribution < -0.4 is 10.5 Å². The second-order valence-electron chi connectivity index (χ2n) is 2.11. The van der Waals surface area contributed by atoms with Crippen molar-refractivity contribution in [3.05, 3.63) is 11.3 Å². The molecule has 0 fully saturated rings. The molecule has 0 amide bonds. The Bertz CT molecular complexity index is 244. The van der Waals surface area contributed by atoms with E-state index in [2.05, 4.69) is 5.16 Å². The van der Waals surface area contributed by atoms with Crippen LogP contribution in [0.25, 0.3) is 0 Å². The fraction of sp³-hybridized carbons (Fsp3) is 0.500. The molecule has 11 heavy (non-hydrogen) atoms. The molecule has 0 aliphatic heterocycles. The molecule has 0 spiro atoms. The fourth-order valence-electron chi connectivity index (χ4n) is 0.841. The van der Waals surface area contributed by atoms with E-state index in [9.17, 15) is 0 Å². The van der Waals surface area contributed by atoms with E-state index in [-0.39, 0.29) is 5.88 Å². The number of methoxy groups -OCH3 is 1. The third-order valence-corrected chi connectivity index (χ3v) is 1.36. The third kappa shape index (κ3) is 1.33. The molecular weight excluding hydrogens is 148 g/mol. The van der Waals surface area contributed by atoms with Gasteiger partial charge in [-0.15, -0.1) is 0 Å². The average Bonchev–Trinajstić information content (AvgIpc) is 2.30. The number of nitrogens with zero attached hydrogens (tertiary/aromatic N) is 1. The smallest absolute Gasteiger partial charge is 0.261 e. The number of hydrogen-bond acceptors (Lipinski definition) is 5. The molecule has 1 aromatic heterocycles. The number of ether oxygens (including phenoxy) is 1. The number of aryl methyl sites for hydroxylation is 1. The highest BCUT2D eigenvalue weighted by molar-refractivity contribution is 5.28. The molecule has 1 rings (SSSR count). The molecule has 1 heterocycles. The van der Waals surface area contributed by atoms with E-state index < -0.39 is 6.23 Å². The zero-order valence-corrected chi connectivity index (χ0v) is 6.37. The molecule has 1 unspecified atom stereocenters. The Labute approximate surface area is 63.7 Å². The van der Waals surface area contributed by atoms with Crippen LogP contribution in [0.1, 0.15) is 17.6 Å². The molecule has 0 aliphatic carbocycles. The summed E-state index contributed by atoms with van der Waals surface area (Å²) in [4.78, 5) is 0. The van der Waals surface area contributed by atoms with Crippen LogP contribution in [0.2, 0.25) is 0 Å². The van der Waals surface area contributed by atoms with Gasteiger partial charge in [-0.1, -0.05) is 0 Å². The number of aliphatic hydroxyl groups is 1. The maximum absolute atomic E-state index is 9.00. The summed E-state index contributed by atoms with van der Waals surface area (Å²) >= 11 is 0. The van der Waals surface area contributed by atoms with Gasteiger partial charge < -0.3 is 20.1 Å². The molecule has 5 heteroatoms. The lowest BCUT2D eigenvalue weighted by Crippen LogP contribution is -2.10. The molecular formula is C6H10N2O3. The number of aliphatic hydroxyl groups excluding tert-OH is 1. The predicted octanol–water partition coefficient (Wildman–Crippen LogP) is -0.0588. The minimum atomic E-state index is -1.10. The van der Waals surface area contributed by atoms with E-state index in [0.717, 1.165) is 0 Å². The summed E-state index contributed by atoms with van der Waals surface area (Å²) in [7, 11) is 1.43. The topological polar surface area (TPSA) is 81.5 Å². The first-order valence-electron chi connectivity index (χ1n) is 3.10. The first kappa shape index (κ1) is 8.03. The number of aromatic nitrogens is 1. The largest absolute Gasteiger partial charge is 0.479 e. The molecule has 1 atom stereocenters. The van der Waals surface area contributed by atoms with Gasteiger partial charge in [0.05, 0.1) is 7.11 Å².